The molecule has 0 saturated carbocycles. The number of hydrogen-bond acceptors (Lipinski definition) is 9. The molecule has 0 unspecified atom stereocenters. The molecular formula is C18H21N3O9. The van der Waals surface area contributed by atoms with E-state index in [1.54, 1.807) is 6.92 Å². The molecule has 1 aromatic heterocycles. The van der Waals surface area contributed by atoms with Gasteiger partial charge in [-0.15, -0.1) is 0 Å². The molecule has 162 valence electrons. The molecule has 0 radical (unpaired) electrons. The fraction of sp³-hybridized carbons (Fsp3) is 0.333. The highest BCUT2D eigenvalue weighted by atomic mass is 16.5. The molecule has 0 amide bonds. The maximum Gasteiger partial charge on any atom is 0.340 e. The number of carbonyl (C=O) groups excluding carboxylic acids is 3. The zero-order valence-electron chi connectivity index (χ0n) is 16.3. The largest absolute Gasteiger partial charge is 0.461 e. The summed E-state index contributed by atoms with van der Waals surface area (Å²) in [5.41, 5.74) is -3.12. The van der Waals surface area contributed by atoms with Gasteiger partial charge in [-0.2, -0.15) is 0 Å². The molecule has 0 aliphatic rings. The molecule has 0 aromatic carbocycles. The predicted molar refractivity (Wildman–Crippen MR) is 103 cm³/mol. The minimum Gasteiger partial charge on any atom is -0.461 e. The number of nitrogens with zero attached hydrogens (tertiary/aromatic N) is 3. The van der Waals surface area contributed by atoms with Crippen LogP contribution in [0.5, 0.6) is 0 Å². The maximum atomic E-state index is 12.6. The molecule has 12 nitrogen and oxygen atoms in total. The van der Waals surface area contributed by atoms with Crippen LogP contribution in [0, 0.1) is 0 Å². The van der Waals surface area contributed by atoms with Gasteiger partial charge < -0.3 is 14.2 Å². The summed E-state index contributed by atoms with van der Waals surface area (Å²) < 4.78 is 16.0. The summed E-state index contributed by atoms with van der Waals surface area (Å²) in [5.74, 6) is -2.14. The zero-order valence-corrected chi connectivity index (χ0v) is 16.3. The summed E-state index contributed by atoms with van der Waals surface area (Å²) in [5, 5.41) is 0. The van der Waals surface area contributed by atoms with Gasteiger partial charge in [0.05, 0.1) is 19.3 Å². The minimum atomic E-state index is -1.05. The molecule has 0 bridgehead atoms. The van der Waals surface area contributed by atoms with Gasteiger partial charge in [0.1, 0.15) is 19.5 Å². The van der Waals surface area contributed by atoms with Gasteiger partial charge in [-0.1, -0.05) is 20.1 Å². The number of rotatable bonds is 11. The number of esters is 3. The van der Waals surface area contributed by atoms with Gasteiger partial charge in [0.15, 0.2) is 0 Å². The average Bonchev–Trinajstić information content (AvgIpc) is 2.74. The summed E-state index contributed by atoms with van der Waals surface area (Å²) in [7, 11) is 0. The van der Waals surface area contributed by atoms with Crippen LogP contribution in [-0.2, 0) is 41.7 Å². The Morgan fingerprint density at radius 1 is 0.867 bits per heavy atom. The monoisotopic (exact) mass is 423 g/mol. The highest BCUT2D eigenvalue weighted by Gasteiger charge is 2.15. The van der Waals surface area contributed by atoms with E-state index in [-0.39, 0.29) is 32.7 Å². The lowest BCUT2D eigenvalue weighted by Gasteiger charge is -2.12. The quantitative estimate of drug-likeness (QED) is 0.190. The first-order valence-corrected chi connectivity index (χ1v) is 8.67. The Morgan fingerprint density at radius 2 is 1.33 bits per heavy atom. The van der Waals surface area contributed by atoms with Crippen molar-refractivity contribution in [2.75, 3.05) is 13.2 Å². The smallest absolute Gasteiger partial charge is 0.340 e. The van der Waals surface area contributed by atoms with Crippen molar-refractivity contribution in [3.8, 4) is 0 Å². The molecule has 0 N–H and O–H groups in total. The van der Waals surface area contributed by atoms with Gasteiger partial charge >= 0.3 is 35.0 Å². The summed E-state index contributed by atoms with van der Waals surface area (Å²) in [6.45, 7) is 6.55. The fourth-order valence-electron chi connectivity index (χ4n) is 2.00. The molecule has 1 rings (SSSR count). The van der Waals surface area contributed by atoms with Crippen molar-refractivity contribution in [3.63, 3.8) is 0 Å². The van der Waals surface area contributed by atoms with Crippen molar-refractivity contribution in [2.45, 2.75) is 26.4 Å². The second kappa shape index (κ2) is 11.8. The fourth-order valence-corrected chi connectivity index (χ4v) is 2.00. The third-order valence-corrected chi connectivity index (χ3v) is 3.49. The van der Waals surface area contributed by atoms with Gasteiger partial charge in [-0.3, -0.25) is 4.79 Å². The van der Waals surface area contributed by atoms with E-state index in [9.17, 15) is 28.8 Å². The first-order chi connectivity index (χ1) is 14.3. The zero-order chi connectivity index (χ0) is 22.7. The average molecular weight is 423 g/mol. The molecule has 1 heterocycles. The standard InChI is InChI=1S/C18H21N3O9/c1-4-13(22)28-10-7-19-16(25)20(8-11-29-14(23)5-2)18(27)21(17(19)26)9-12-30-15(24)6-3/h4-5,9,12H,1-2,6-8,10-11H2,3H3. The Bertz CT molecular complexity index is 963. The van der Waals surface area contributed by atoms with Crippen LogP contribution in [-0.4, -0.2) is 44.8 Å². The lowest BCUT2D eigenvalue weighted by atomic mass is 10.5. The minimum absolute atomic E-state index is 0.0618. The van der Waals surface area contributed by atoms with Crippen molar-refractivity contribution >= 4 is 24.1 Å². The van der Waals surface area contributed by atoms with Crippen LogP contribution >= 0.6 is 0 Å². The number of carbonyl (C=O) groups is 3. The Morgan fingerprint density at radius 3 is 1.73 bits per heavy atom. The van der Waals surface area contributed by atoms with E-state index < -0.39 is 35.0 Å². The molecule has 0 fully saturated rings. The highest BCUT2D eigenvalue weighted by molar-refractivity contribution is 5.81. The van der Waals surface area contributed by atoms with Crippen LogP contribution < -0.4 is 17.1 Å². The normalized spacial score (nSPS) is 10.4. The van der Waals surface area contributed by atoms with Crippen LogP contribution in [0.2, 0.25) is 0 Å². The first-order valence-electron chi connectivity index (χ1n) is 8.67. The molecule has 0 aliphatic carbocycles. The first kappa shape index (κ1) is 24.1. The topological polar surface area (TPSA) is 145 Å². The molecular weight excluding hydrogens is 402 g/mol. The van der Waals surface area contributed by atoms with Gasteiger partial charge in [-0.05, 0) is 0 Å². The molecule has 0 atom stereocenters. The van der Waals surface area contributed by atoms with Crippen LogP contribution in [0.1, 0.15) is 13.3 Å². The van der Waals surface area contributed by atoms with Crippen molar-refractivity contribution in [2.24, 2.45) is 0 Å². The van der Waals surface area contributed by atoms with Gasteiger partial charge in [0.25, 0.3) is 0 Å². The van der Waals surface area contributed by atoms with Crippen molar-refractivity contribution < 1.29 is 28.6 Å². The van der Waals surface area contributed by atoms with E-state index in [0.717, 1.165) is 24.6 Å². The second-order valence-corrected chi connectivity index (χ2v) is 5.39. The van der Waals surface area contributed by atoms with E-state index in [0.29, 0.717) is 13.7 Å². The highest BCUT2D eigenvalue weighted by Crippen LogP contribution is 1.88. The molecule has 0 saturated heterocycles. The Labute approximate surface area is 169 Å². The number of hydrogen-bond donors (Lipinski definition) is 0. The molecule has 1 aromatic rings. The summed E-state index contributed by atoms with van der Waals surface area (Å²) in [6, 6.07) is 0. The van der Waals surface area contributed by atoms with Crippen LogP contribution in [0.15, 0.2) is 46.0 Å². The molecule has 12 heteroatoms. The van der Waals surface area contributed by atoms with E-state index in [4.69, 9.17) is 14.2 Å². The van der Waals surface area contributed by atoms with Gasteiger partial charge in [-0.25, -0.2) is 37.7 Å². The lowest BCUT2D eigenvalue weighted by Crippen LogP contribution is -2.54. The SMILES string of the molecule is C=CC(=O)OCCn1c(=O)n(C=COC(=O)CC)c(=O)n(CCOC(=O)C=C)c1=O. The maximum absolute atomic E-state index is 12.6. The van der Waals surface area contributed by atoms with Crippen LogP contribution in [0.4, 0.5) is 0 Å². The number of aromatic nitrogens is 3. The number of ether oxygens (including phenoxy) is 3. The summed E-state index contributed by atoms with van der Waals surface area (Å²) in [6.07, 6.45) is 3.56. The van der Waals surface area contributed by atoms with Crippen LogP contribution in [0.3, 0.4) is 0 Å². The van der Waals surface area contributed by atoms with E-state index in [1.165, 1.54) is 0 Å². The Balaban J connectivity index is 3.33. The van der Waals surface area contributed by atoms with E-state index in [2.05, 4.69) is 13.2 Å². The van der Waals surface area contributed by atoms with Gasteiger partial charge in [0, 0.05) is 18.6 Å². The van der Waals surface area contributed by atoms with Crippen LogP contribution in [0.25, 0.3) is 6.20 Å². The molecule has 30 heavy (non-hydrogen) atoms. The Kier molecular flexibility index (Phi) is 9.46. The van der Waals surface area contributed by atoms with Crippen molar-refractivity contribution in [1.29, 1.82) is 0 Å². The lowest BCUT2D eigenvalue weighted by molar-refractivity contribution is -0.138. The molecule has 0 spiro atoms. The van der Waals surface area contributed by atoms with Crippen molar-refractivity contribution in [3.05, 3.63) is 63.0 Å². The summed E-state index contributed by atoms with van der Waals surface area (Å²) in [4.78, 5) is 71.2. The third kappa shape index (κ3) is 6.58. The summed E-state index contributed by atoms with van der Waals surface area (Å²) >= 11 is 0. The molecule has 0 aliphatic heterocycles. The predicted octanol–water partition coefficient (Wildman–Crippen LogP) is -0.988. The second-order valence-electron chi connectivity index (χ2n) is 5.39. The van der Waals surface area contributed by atoms with E-state index >= 15 is 0 Å². The third-order valence-electron chi connectivity index (χ3n) is 3.49. The van der Waals surface area contributed by atoms with E-state index in [1.807, 2.05) is 0 Å². The van der Waals surface area contributed by atoms with Gasteiger partial charge in [0.2, 0.25) is 0 Å². The van der Waals surface area contributed by atoms with Crippen molar-refractivity contribution in [1.82, 2.24) is 13.7 Å². The Hall–Kier alpha value is -3.96.